The molecule has 0 radical (unpaired) electrons. The molecular weight excluding hydrogens is 224 g/mol. The molecule has 1 unspecified atom stereocenters. The molecule has 1 aliphatic rings. The summed E-state index contributed by atoms with van der Waals surface area (Å²) in [5.41, 5.74) is 0. The smallest absolute Gasteiger partial charge is 0.237 e. The second kappa shape index (κ2) is 8.30. The third kappa shape index (κ3) is 5.67. The van der Waals surface area contributed by atoms with Crippen molar-refractivity contribution in [2.45, 2.75) is 64.5 Å². The molecule has 0 saturated heterocycles. The Morgan fingerprint density at radius 1 is 1.22 bits per heavy atom. The number of nitrogens with one attached hydrogen (secondary N) is 2. The average Bonchev–Trinajstić information content (AvgIpc) is 2.58. The zero-order valence-corrected chi connectivity index (χ0v) is 12.0. The van der Waals surface area contributed by atoms with Gasteiger partial charge < -0.3 is 10.6 Å². The molecule has 1 atom stereocenters. The minimum absolute atomic E-state index is 0.0383. The molecular formula is C15H28N2O. The lowest BCUT2D eigenvalue weighted by atomic mass is 10.0. The molecule has 0 bridgehead atoms. The summed E-state index contributed by atoms with van der Waals surface area (Å²) in [4.78, 5) is 12.2. The molecule has 1 rings (SSSR count). The van der Waals surface area contributed by atoms with Crippen LogP contribution >= 0.6 is 0 Å². The molecule has 104 valence electrons. The van der Waals surface area contributed by atoms with Crippen molar-refractivity contribution in [2.24, 2.45) is 5.92 Å². The zero-order valence-electron chi connectivity index (χ0n) is 12.0. The van der Waals surface area contributed by atoms with Gasteiger partial charge in [-0.1, -0.05) is 26.0 Å². The minimum Gasteiger partial charge on any atom is -0.352 e. The van der Waals surface area contributed by atoms with Crippen LogP contribution in [0.2, 0.25) is 0 Å². The molecule has 3 heteroatoms. The molecule has 18 heavy (non-hydrogen) atoms. The van der Waals surface area contributed by atoms with E-state index in [1.807, 2.05) is 7.05 Å². The summed E-state index contributed by atoms with van der Waals surface area (Å²) in [5.74, 6) is 0.820. The maximum atomic E-state index is 12.2. The van der Waals surface area contributed by atoms with E-state index in [0.717, 1.165) is 38.5 Å². The van der Waals surface area contributed by atoms with Gasteiger partial charge in [0.2, 0.25) is 5.91 Å². The highest BCUT2D eigenvalue weighted by Gasteiger charge is 2.20. The number of likely N-dealkylation sites (N-methyl/N-ethyl adjacent to an activating group) is 1. The first-order valence-corrected chi connectivity index (χ1v) is 7.26. The molecule has 1 aliphatic carbocycles. The van der Waals surface area contributed by atoms with E-state index >= 15 is 0 Å². The van der Waals surface area contributed by atoms with Gasteiger partial charge in [0.15, 0.2) is 0 Å². The van der Waals surface area contributed by atoms with E-state index in [2.05, 4.69) is 36.6 Å². The second-order valence-corrected chi connectivity index (χ2v) is 5.64. The number of rotatable bonds is 6. The van der Waals surface area contributed by atoms with Gasteiger partial charge in [0.1, 0.15) is 0 Å². The Balaban J connectivity index is 2.36. The maximum Gasteiger partial charge on any atom is 0.237 e. The van der Waals surface area contributed by atoms with Crippen molar-refractivity contribution in [2.75, 3.05) is 7.05 Å². The lowest BCUT2D eigenvalue weighted by Gasteiger charge is -2.22. The highest BCUT2D eigenvalue weighted by Crippen LogP contribution is 2.12. The van der Waals surface area contributed by atoms with Crippen LogP contribution in [0.3, 0.4) is 0 Å². The van der Waals surface area contributed by atoms with Gasteiger partial charge in [-0.05, 0) is 51.5 Å². The number of carbonyl (C=O) groups excluding carboxylic acids is 1. The van der Waals surface area contributed by atoms with Crippen molar-refractivity contribution in [3.8, 4) is 0 Å². The van der Waals surface area contributed by atoms with Gasteiger partial charge in [0, 0.05) is 6.04 Å². The van der Waals surface area contributed by atoms with Crippen molar-refractivity contribution < 1.29 is 4.79 Å². The van der Waals surface area contributed by atoms with Gasteiger partial charge >= 0.3 is 0 Å². The first-order chi connectivity index (χ1) is 8.63. The fraction of sp³-hybridized carbons (Fsp3) is 0.800. The normalized spacial score (nSPS) is 18.7. The topological polar surface area (TPSA) is 41.1 Å². The van der Waals surface area contributed by atoms with Crippen LogP contribution in [0.1, 0.15) is 52.4 Å². The first-order valence-electron chi connectivity index (χ1n) is 7.26. The first kappa shape index (κ1) is 15.2. The molecule has 2 N–H and O–H groups in total. The predicted octanol–water partition coefficient (Wildman–Crippen LogP) is 2.63. The van der Waals surface area contributed by atoms with Crippen LogP contribution in [0.5, 0.6) is 0 Å². The highest BCUT2D eigenvalue weighted by molar-refractivity contribution is 5.81. The summed E-state index contributed by atoms with van der Waals surface area (Å²) in [6.07, 6.45) is 10.8. The maximum absolute atomic E-state index is 12.2. The van der Waals surface area contributed by atoms with Gasteiger partial charge in [-0.2, -0.15) is 0 Å². The van der Waals surface area contributed by atoms with Crippen LogP contribution < -0.4 is 10.6 Å². The van der Waals surface area contributed by atoms with Crippen LogP contribution in [0.25, 0.3) is 0 Å². The van der Waals surface area contributed by atoms with Crippen LogP contribution in [0, 0.1) is 5.92 Å². The summed E-state index contributed by atoms with van der Waals surface area (Å²) < 4.78 is 0. The molecule has 0 fully saturated rings. The van der Waals surface area contributed by atoms with Crippen molar-refractivity contribution in [1.29, 1.82) is 0 Å². The molecule has 0 aromatic rings. The molecule has 0 aromatic carbocycles. The Bertz CT molecular complexity index is 264. The predicted molar refractivity (Wildman–Crippen MR) is 76.5 cm³/mol. The summed E-state index contributed by atoms with van der Waals surface area (Å²) in [5, 5.41) is 6.33. The Morgan fingerprint density at radius 3 is 2.33 bits per heavy atom. The van der Waals surface area contributed by atoms with E-state index in [1.165, 1.54) is 0 Å². The number of amides is 1. The number of hydrogen-bond acceptors (Lipinski definition) is 2. The van der Waals surface area contributed by atoms with Gasteiger partial charge in [0.05, 0.1) is 6.04 Å². The van der Waals surface area contributed by atoms with E-state index < -0.39 is 0 Å². The van der Waals surface area contributed by atoms with Crippen LogP contribution in [0.15, 0.2) is 12.2 Å². The van der Waals surface area contributed by atoms with Crippen molar-refractivity contribution in [3.63, 3.8) is 0 Å². The lowest BCUT2D eigenvalue weighted by Crippen LogP contribution is -2.46. The molecule has 0 aromatic heterocycles. The molecule has 1 amide bonds. The second-order valence-electron chi connectivity index (χ2n) is 5.64. The molecule has 0 aliphatic heterocycles. The van der Waals surface area contributed by atoms with Gasteiger partial charge in [-0.25, -0.2) is 0 Å². The molecule has 0 heterocycles. The van der Waals surface area contributed by atoms with Gasteiger partial charge in [-0.3, -0.25) is 4.79 Å². The third-order valence-electron chi connectivity index (χ3n) is 3.57. The van der Waals surface area contributed by atoms with Crippen LogP contribution in [0.4, 0.5) is 0 Å². The quantitative estimate of drug-likeness (QED) is 0.714. The summed E-state index contributed by atoms with van der Waals surface area (Å²) >= 11 is 0. The highest BCUT2D eigenvalue weighted by atomic mass is 16.2. The number of carbonyl (C=O) groups is 1. The monoisotopic (exact) mass is 252 g/mol. The standard InChI is InChI=1S/C15H28N2O/c1-12(2)10-11-14(16-3)15(18)17-13-8-6-4-5-7-9-13/h4-5,12-14,16H,6-11H2,1-3H3,(H,17,18). The Kier molecular flexibility index (Phi) is 7.02. The van der Waals surface area contributed by atoms with E-state index in [0.29, 0.717) is 12.0 Å². The van der Waals surface area contributed by atoms with Crippen molar-refractivity contribution in [3.05, 3.63) is 12.2 Å². The summed E-state index contributed by atoms with van der Waals surface area (Å²) in [6.45, 7) is 4.39. The average molecular weight is 252 g/mol. The van der Waals surface area contributed by atoms with E-state index in [4.69, 9.17) is 0 Å². The zero-order chi connectivity index (χ0) is 13.4. The fourth-order valence-corrected chi connectivity index (χ4v) is 2.33. The van der Waals surface area contributed by atoms with Gasteiger partial charge in [0.25, 0.3) is 0 Å². The van der Waals surface area contributed by atoms with Crippen LogP contribution in [-0.2, 0) is 4.79 Å². The summed E-state index contributed by atoms with van der Waals surface area (Å²) in [6, 6.07) is 0.311. The Labute approximate surface area is 111 Å². The van der Waals surface area contributed by atoms with E-state index in [1.54, 1.807) is 0 Å². The van der Waals surface area contributed by atoms with E-state index in [9.17, 15) is 4.79 Å². The fourth-order valence-electron chi connectivity index (χ4n) is 2.33. The molecule has 0 spiro atoms. The third-order valence-corrected chi connectivity index (χ3v) is 3.57. The summed E-state index contributed by atoms with van der Waals surface area (Å²) in [7, 11) is 1.87. The van der Waals surface area contributed by atoms with E-state index in [-0.39, 0.29) is 11.9 Å². The Hall–Kier alpha value is -0.830. The molecule has 0 saturated carbocycles. The molecule has 3 nitrogen and oxygen atoms in total. The van der Waals surface area contributed by atoms with Crippen molar-refractivity contribution >= 4 is 5.91 Å². The Morgan fingerprint density at radius 2 is 1.83 bits per heavy atom. The number of hydrogen-bond donors (Lipinski definition) is 2. The van der Waals surface area contributed by atoms with Gasteiger partial charge in [-0.15, -0.1) is 0 Å². The lowest BCUT2D eigenvalue weighted by molar-refractivity contribution is -0.124. The minimum atomic E-state index is -0.0383. The SMILES string of the molecule is CNC(CCC(C)C)C(=O)NC1CCC=CCC1. The van der Waals surface area contributed by atoms with Crippen LogP contribution in [-0.4, -0.2) is 25.0 Å². The largest absolute Gasteiger partial charge is 0.352 e. The van der Waals surface area contributed by atoms with Crippen molar-refractivity contribution in [1.82, 2.24) is 10.6 Å². The number of allylic oxidation sites excluding steroid dienone is 2.